The second kappa shape index (κ2) is 4.43. The molecule has 4 heteroatoms. The third-order valence-electron chi connectivity index (χ3n) is 2.94. The van der Waals surface area contributed by atoms with Crippen molar-refractivity contribution in [3.63, 3.8) is 0 Å². The Hall–Kier alpha value is -1.71. The monoisotopic (exact) mass is 218 g/mol. The van der Waals surface area contributed by atoms with E-state index in [4.69, 9.17) is 0 Å². The lowest BCUT2D eigenvalue weighted by Crippen LogP contribution is -2.30. The molecule has 0 aliphatic carbocycles. The highest BCUT2D eigenvalue weighted by atomic mass is 16.6. The summed E-state index contributed by atoms with van der Waals surface area (Å²) in [5.74, 6) is 0. The van der Waals surface area contributed by atoms with Crippen molar-refractivity contribution in [2.75, 3.05) is 0 Å². The van der Waals surface area contributed by atoms with E-state index in [0.29, 0.717) is 6.42 Å². The van der Waals surface area contributed by atoms with Crippen LogP contribution in [0.3, 0.4) is 0 Å². The first-order valence-electron chi connectivity index (χ1n) is 5.40. The number of hydrogen-bond acceptors (Lipinski definition) is 3. The quantitative estimate of drug-likeness (QED) is 0.566. The van der Waals surface area contributed by atoms with Gasteiger partial charge in [-0.3, -0.25) is 15.1 Å². The van der Waals surface area contributed by atoms with E-state index in [1.165, 1.54) is 0 Å². The maximum atomic E-state index is 11.0. The van der Waals surface area contributed by atoms with Gasteiger partial charge < -0.3 is 0 Å². The van der Waals surface area contributed by atoms with E-state index in [1.54, 1.807) is 0 Å². The van der Waals surface area contributed by atoms with Gasteiger partial charge in [0.05, 0.1) is 0 Å². The van der Waals surface area contributed by atoms with Crippen molar-refractivity contribution in [2.24, 2.45) is 4.99 Å². The summed E-state index contributed by atoms with van der Waals surface area (Å²) in [6.45, 7) is 1.94. The van der Waals surface area contributed by atoms with E-state index in [0.717, 1.165) is 17.7 Å². The first-order chi connectivity index (χ1) is 7.68. The van der Waals surface area contributed by atoms with Crippen LogP contribution in [0.2, 0.25) is 0 Å². The Balaban J connectivity index is 2.35. The van der Waals surface area contributed by atoms with Crippen LogP contribution in [0.1, 0.15) is 31.4 Å². The van der Waals surface area contributed by atoms with Crippen LogP contribution in [0, 0.1) is 10.1 Å². The van der Waals surface area contributed by atoms with Crippen LogP contribution in [-0.2, 0) is 0 Å². The van der Waals surface area contributed by atoms with E-state index in [-0.39, 0.29) is 11.0 Å². The van der Waals surface area contributed by atoms with Crippen molar-refractivity contribution in [1.29, 1.82) is 0 Å². The van der Waals surface area contributed by atoms with Crippen LogP contribution in [-0.4, -0.2) is 16.7 Å². The van der Waals surface area contributed by atoms with Gasteiger partial charge >= 0.3 is 0 Å². The van der Waals surface area contributed by atoms with Gasteiger partial charge in [0, 0.05) is 17.1 Å². The molecule has 1 heterocycles. The number of benzene rings is 1. The maximum absolute atomic E-state index is 11.0. The van der Waals surface area contributed by atoms with Crippen LogP contribution in [0.25, 0.3) is 0 Å². The Labute approximate surface area is 94.2 Å². The first-order valence-corrected chi connectivity index (χ1v) is 5.40. The topological polar surface area (TPSA) is 55.5 Å². The summed E-state index contributed by atoms with van der Waals surface area (Å²) in [4.78, 5) is 15.2. The average molecular weight is 218 g/mol. The molecule has 0 spiro atoms. The zero-order chi connectivity index (χ0) is 11.5. The first kappa shape index (κ1) is 10.8. The fraction of sp³-hybridized carbons (Fsp3) is 0.417. The molecule has 0 unspecified atom stereocenters. The molecule has 0 N–H and O–H groups in total. The fourth-order valence-corrected chi connectivity index (χ4v) is 2.07. The van der Waals surface area contributed by atoms with Crippen molar-refractivity contribution in [1.82, 2.24) is 0 Å². The summed E-state index contributed by atoms with van der Waals surface area (Å²) in [7, 11) is 0. The zero-order valence-electron chi connectivity index (χ0n) is 9.17. The number of aliphatic imine (C=N–C) groups is 1. The lowest BCUT2D eigenvalue weighted by Gasteiger charge is -2.22. The van der Waals surface area contributed by atoms with E-state index in [2.05, 4.69) is 4.99 Å². The Morgan fingerprint density at radius 2 is 2.06 bits per heavy atom. The SMILES string of the molecule is CC1=N[C@@H](c2ccccc2)[C@@H]([N+](=O)[O-])CC1. The molecular weight excluding hydrogens is 204 g/mol. The van der Waals surface area contributed by atoms with Gasteiger partial charge in [-0.05, 0) is 18.9 Å². The molecule has 0 bridgehead atoms. The molecule has 2 atom stereocenters. The normalized spacial score (nSPS) is 24.9. The van der Waals surface area contributed by atoms with E-state index in [9.17, 15) is 10.1 Å². The molecule has 0 saturated heterocycles. The summed E-state index contributed by atoms with van der Waals surface area (Å²) >= 11 is 0. The lowest BCUT2D eigenvalue weighted by molar-refractivity contribution is -0.528. The molecule has 0 fully saturated rings. The van der Waals surface area contributed by atoms with Gasteiger partial charge in [-0.1, -0.05) is 30.3 Å². The van der Waals surface area contributed by atoms with Crippen molar-refractivity contribution < 1.29 is 4.92 Å². The molecular formula is C12H14N2O2. The highest BCUT2D eigenvalue weighted by molar-refractivity contribution is 5.82. The molecule has 16 heavy (non-hydrogen) atoms. The van der Waals surface area contributed by atoms with Crippen LogP contribution in [0.5, 0.6) is 0 Å². The second-order valence-electron chi connectivity index (χ2n) is 4.11. The smallest absolute Gasteiger partial charge is 0.239 e. The number of hydrogen-bond donors (Lipinski definition) is 0. The third-order valence-corrected chi connectivity index (χ3v) is 2.94. The Morgan fingerprint density at radius 1 is 1.38 bits per heavy atom. The molecule has 1 aliphatic heterocycles. The Bertz CT molecular complexity index is 414. The lowest BCUT2D eigenvalue weighted by atomic mass is 9.92. The van der Waals surface area contributed by atoms with Crippen molar-refractivity contribution in [2.45, 2.75) is 31.8 Å². The highest BCUT2D eigenvalue weighted by Crippen LogP contribution is 2.30. The molecule has 4 nitrogen and oxygen atoms in total. The Morgan fingerprint density at radius 3 is 2.69 bits per heavy atom. The van der Waals surface area contributed by atoms with Gasteiger partial charge in [0.15, 0.2) is 0 Å². The predicted molar refractivity (Wildman–Crippen MR) is 62.3 cm³/mol. The predicted octanol–water partition coefficient (Wildman–Crippen LogP) is 2.63. The molecule has 0 radical (unpaired) electrons. The zero-order valence-corrected chi connectivity index (χ0v) is 9.17. The van der Waals surface area contributed by atoms with Gasteiger partial charge in [0.1, 0.15) is 6.04 Å². The molecule has 0 aromatic heterocycles. The number of nitro groups is 1. The van der Waals surface area contributed by atoms with E-state index >= 15 is 0 Å². The fourth-order valence-electron chi connectivity index (χ4n) is 2.07. The van der Waals surface area contributed by atoms with Crippen LogP contribution in [0.4, 0.5) is 0 Å². The van der Waals surface area contributed by atoms with Crippen LogP contribution >= 0.6 is 0 Å². The van der Waals surface area contributed by atoms with Gasteiger partial charge in [0.25, 0.3) is 0 Å². The summed E-state index contributed by atoms with van der Waals surface area (Å²) in [6, 6.07) is 8.62. The molecule has 0 amide bonds. The number of rotatable bonds is 2. The molecule has 84 valence electrons. The maximum Gasteiger partial charge on any atom is 0.239 e. The molecule has 1 aliphatic rings. The molecule has 2 rings (SSSR count). The van der Waals surface area contributed by atoms with Crippen molar-refractivity contribution in [3.05, 3.63) is 46.0 Å². The average Bonchev–Trinajstić information content (AvgIpc) is 2.29. The minimum atomic E-state index is -0.578. The third kappa shape index (κ3) is 2.10. The second-order valence-corrected chi connectivity index (χ2v) is 4.11. The van der Waals surface area contributed by atoms with Gasteiger partial charge in [-0.15, -0.1) is 0 Å². The summed E-state index contributed by atoms with van der Waals surface area (Å²) < 4.78 is 0. The minimum Gasteiger partial charge on any atom is -0.279 e. The van der Waals surface area contributed by atoms with Crippen molar-refractivity contribution in [3.8, 4) is 0 Å². The standard InChI is InChI=1S/C12H14N2O2/c1-9-7-8-11(14(15)16)12(13-9)10-5-3-2-4-6-10/h2-6,11-12H,7-8H2,1H3/t11-,12-/m0/s1. The Kier molecular flexibility index (Phi) is 2.99. The van der Waals surface area contributed by atoms with Gasteiger partial charge in [-0.25, -0.2) is 0 Å². The van der Waals surface area contributed by atoms with E-state index in [1.807, 2.05) is 37.3 Å². The minimum absolute atomic E-state index is 0.201. The van der Waals surface area contributed by atoms with Crippen LogP contribution < -0.4 is 0 Å². The summed E-state index contributed by atoms with van der Waals surface area (Å²) in [5, 5.41) is 11.0. The largest absolute Gasteiger partial charge is 0.279 e. The van der Waals surface area contributed by atoms with E-state index < -0.39 is 6.04 Å². The molecule has 1 aromatic carbocycles. The van der Waals surface area contributed by atoms with Gasteiger partial charge in [0.2, 0.25) is 6.04 Å². The highest BCUT2D eigenvalue weighted by Gasteiger charge is 2.34. The number of nitrogens with zero attached hydrogens (tertiary/aromatic N) is 2. The summed E-state index contributed by atoms with van der Waals surface area (Å²) in [6.07, 6.45) is 1.32. The molecule has 0 saturated carbocycles. The van der Waals surface area contributed by atoms with Gasteiger partial charge in [-0.2, -0.15) is 0 Å². The summed E-state index contributed by atoms with van der Waals surface area (Å²) in [5.41, 5.74) is 1.94. The molecule has 1 aromatic rings. The van der Waals surface area contributed by atoms with Crippen molar-refractivity contribution >= 4 is 5.71 Å². The van der Waals surface area contributed by atoms with Crippen LogP contribution in [0.15, 0.2) is 35.3 Å².